The number of carbonyl (C=O) groups excluding carboxylic acids is 2. The van der Waals surface area contributed by atoms with Crippen molar-refractivity contribution >= 4 is 11.8 Å². The molecule has 114 valence electrons. The number of hydrogen-bond acceptors (Lipinski definition) is 3. The third kappa shape index (κ3) is 4.70. The average molecular weight is 297 g/mol. The van der Waals surface area contributed by atoms with Crippen molar-refractivity contribution < 1.29 is 9.59 Å². The number of nitrogens with one attached hydrogen (secondary N) is 2. The Morgan fingerprint density at radius 2 is 1.50 bits per heavy atom. The Bertz CT molecular complexity index is 624. The zero-order chi connectivity index (χ0) is 15.8. The normalized spacial score (nSPS) is 10.0. The van der Waals surface area contributed by atoms with Gasteiger partial charge in [-0.15, -0.1) is 0 Å². The average Bonchev–Trinajstić information content (AvgIpc) is 2.58. The van der Waals surface area contributed by atoms with Gasteiger partial charge in [0.15, 0.2) is 0 Å². The fourth-order valence-corrected chi connectivity index (χ4v) is 1.92. The van der Waals surface area contributed by atoms with E-state index in [1.807, 2.05) is 30.3 Å². The summed E-state index contributed by atoms with van der Waals surface area (Å²) in [7, 11) is 0. The molecule has 0 aliphatic carbocycles. The Morgan fingerprint density at radius 1 is 0.909 bits per heavy atom. The van der Waals surface area contributed by atoms with E-state index in [0.29, 0.717) is 6.54 Å². The second-order valence-electron chi connectivity index (χ2n) is 4.90. The van der Waals surface area contributed by atoms with Crippen LogP contribution >= 0.6 is 0 Å². The maximum absolute atomic E-state index is 11.7. The van der Waals surface area contributed by atoms with E-state index in [4.69, 9.17) is 0 Å². The third-order valence-corrected chi connectivity index (χ3v) is 3.27. The van der Waals surface area contributed by atoms with Crippen LogP contribution in [-0.4, -0.2) is 16.8 Å². The van der Waals surface area contributed by atoms with Gasteiger partial charge in [0.2, 0.25) is 0 Å². The number of benzene rings is 1. The van der Waals surface area contributed by atoms with Crippen LogP contribution in [0.5, 0.6) is 0 Å². The number of rotatable bonds is 5. The van der Waals surface area contributed by atoms with Gasteiger partial charge in [-0.3, -0.25) is 14.6 Å². The minimum atomic E-state index is -0.644. The number of hydrogen-bond donors (Lipinski definition) is 2. The molecule has 0 radical (unpaired) electrons. The van der Waals surface area contributed by atoms with Crippen molar-refractivity contribution in [2.24, 2.45) is 0 Å². The summed E-state index contributed by atoms with van der Waals surface area (Å²) in [4.78, 5) is 27.4. The lowest BCUT2D eigenvalue weighted by Gasteiger charge is -2.07. The molecular formula is C17H19N3O2. The molecule has 0 saturated carbocycles. The fraction of sp³-hybridized carbons (Fsp3) is 0.235. The molecule has 0 aliphatic heterocycles. The molecule has 1 aromatic heterocycles. The Morgan fingerprint density at radius 3 is 2.05 bits per heavy atom. The van der Waals surface area contributed by atoms with E-state index in [2.05, 4.69) is 22.5 Å². The first kappa shape index (κ1) is 15.7. The highest BCUT2D eigenvalue weighted by Crippen LogP contribution is 2.04. The van der Waals surface area contributed by atoms with Crippen LogP contribution in [-0.2, 0) is 29.1 Å². The van der Waals surface area contributed by atoms with Crippen LogP contribution in [0.4, 0.5) is 0 Å². The second kappa shape index (κ2) is 7.93. The SMILES string of the molecule is CCc1ccc(CNC(=O)C(=O)NCc2cccnc2)cc1. The highest BCUT2D eigenvalue weighted by molar-refractivity contribution is 6.35. The van der Waals surface area contributed by atoms with Crippen LogP contribution in [0.15, 0.2) is 48.8 Å². The molecule has 1 aromatic carbocycles. The first-order valence-corrected chi connectivity index (χ1v) is 7.21. The van der Waals surface area contributed by atoms with Gasteiger partial charge >= 0.3 is 11.8 Å². The summed E-state index contributed by atoms with van der Waals surface area (Å²) in [6, 6.07) is 11.6. The standard InChI is InChI=1S/C17H19N3O2/c1-2-13-5-7-14(8-6-13)11-19-16(21)17(22)20-12-15-4-3-9-18-10-15/h3-10H,2,11-12H2,1H3,(H,19,21)(H,20,22). The molecule has 0 atom stereocenters. The number of pyridine rings is 1. The number of amides is 2. The number of carbonyl (C=O) groups is 2. The lowest BCUT2D eigenvalue weighted by atomic mass is 10.1. The van der Waals surface area contributed by atoms with E-state index >= 15 is 0 Å². The largest absolute Gasteiger partial charge is 0.344 e. The Labute approximate surface area is 129 Å². The number of aryl methyl sites for hydroxylation is 1. The summed E-state index contributed by atoms with van der Waals surface area (Å²) >= 11 is 0. The van der Waals surface area contributed by atoms with E-state index in [-0.39, 0.29) is 6.54 Å². The van der Waals surface area contributed by atoms with Crippen molar-refractivity contribution in [3.8, 4) is 0 Å². The van der Waals surface area contributed by atoms with Gasteiger partial charge in [0.05, 0.1) is 0 Å². The fourth-order valence-electron chi connectivity index (χ4n) is 1.92. The summed E-state index contributed by atoms with van der Waals surface area (Å²) in [5.41, 5.74) is 3.05. The topological polar surface area (TPSA) is 71.1 Å². The van der Waals surface area contributed by atoms with E-state index in [0.717, 1.165) is 17.5 Å². The van der Waals surface area contributed by atoms with E-state index in [9.17, 15) is 9.59 Å². The first-order chi connectivity index (χ1) is 10.7. The van der Waals surface area contributed by atoms with Crippen LogP contribution in [0.25, 0.3) is 0 Å². The zero-order valence-corrected chi connectivity index (χ0v) is 12.5. The molecule has 2 rings (SSSR count). The van der Waals surface area contributed by atoms with Crippen molar-refractivity contribution in [1.29, 1.82) is 0 Å². The van der Waals surface area contributed by atoms with Crippen LogP contribution in [0.1, 0.15) is 23.6 Å². The third-order valence-electron chi connectivity index (χ3n) is 3.27. The van der Waals surface area contributed by atoms with Gasteiger partial charge in [0, 0.05) is 25.5 Å². The van der Waals surface area contributed by atoms with Crippen molar-refractivity contribution in [1.82, 2.24) is 15.6 Å². The molecule has 2 N–H and O–H groups in total. The van der Waals surface area contributed by atoms with Gasteiger partial charge in [0.25, 0.3) is 0 Å². The van der Waals surface area contributed by atoms with Gasteiger partial charge in [-0.05, 0) is 29.2 Å². The molecule has 0 unspecified atom stereocenters. The molecule has 2 aromatic rings. The zero-order valence-electron chi connectivity index (χ0n) is 12.5. The van der Waals surface area contributed by atoms with Gasteiger partial charge < -0.3 is 10.6 Å². The molecule has 0 aliphatic rings. The van der Waals surface area contributed by atoms with E-state index in [1.165, 1.54) is 5.56 Å². The smallest absolute Gasteiger partial charge is 0.309 e. The summed E-state index contributed by atoms with van der Waals surface area (Å²) in [6.45, 7) is 2.71. The molecule has 2 amide bonds. The summed E-state index contributed by atoms with van der Waals surface area (Å²) in [6.07, 6.45) is 4.28. The summed E-state index contributed by atoms with van der Waals surface area (Å²) < 4.78 is 0. The van der Waals surface area contributed by atoms with Gasteiger partial charge in [-0.2, -0.15) is 0 Å². The minimum Gasteiger partial charge on any atom is -0.344 e. The molecule has 0 saturated heterocycles. The molecular weight excluding hydrogens is 278 g/mol. The number of aromatic nitrogens is 1. The summed E-state index contributed by atoms with van der Waals surface area (Å²) in [5, 5.41) is 5.17. The van der Waals surface area contributed by atoms with Crippen LogP contribution in [0.3, 0.4) is 0 Å². The van der Waals surface area contributed by atoms with Crippen molar-refractivity contribution in [2.75, 3.05) is 0 Å². The maximum Gasteiger partial charge on any atom is 0.309 e. The van der Waals surface area contributed by atoms with Gasteiger partial charge in [-0.25, -0.2) is 0 Å². The molecule has 0 fully saturated rings. The maximum atomic E-state index is 11.7. The Balaban J connectivity index is 1.77. The lowest BCUT2D eigenvalue weighted by Crippen LogP contribution is -2.39. The van der Waals surface area contributed by atoms with E-state index in [1.54, 1.807) is 18.5 Å². The first-order valence-electron chi connectivity index (χ1n) is 7.21. The monoisotopic (exact) mass is 297 g/mol. The van der Waals surface area contributed by atoms with Gasteiger partial charge in [0.1, 0.15) is 0 Å². The van der Waals surface area contributed by atoms with E-state index < -0.39 is 11.8 Å². The van der Waals surface area contributed by atoms with Crippen LogP contribution in [0.2, 0.25) is 0 Å². The second-order valence-corrected chi connectivity index (χ2v) is 4.90. The summed E-state index contributed by atoms with van der Waals surface area (Å²) in [5.74, 6) is -1.28. The quantitative estimate of drug-likeness (QED) is 0.823. The highest BCUT2D eigenvalue weighted by Gasteiger charge is 2.12. The Kier molecular flexibility index (Phi) is 5.65. The van der Waals surface area contributed by atoms with Gasteiger partial charge in [-0.1, -0.05) is 37.3 Å². The molecule has 1 heterocycles. The predicted octanol–water partition coefficient (Wildman–Crippen LogP) is 1.58. The molecule has 5 nitrogen and oxygen atoms in total. The van der Waals surface area contributed by atoms with Crippen molar-refractivity contribution in [3.63, 3.8) is 0 Å². The highest BCUT2D eigenvalue weighted by atomic mass is 16.2. The molecule has 5 heteroatoms. The van der Waals surface area contributed by atoms with Crippen molar-refractivity contribution in [3.05, 3.63) is 65.5 Å². The predicted molar refractivity (Wildman–Crippen MR) is 83.8 cm³/mol. The molecule has 0 bridgehead atoms. The van der Waals surface area contributed by atoms with Crippen molar-refractivity contribution in [2.45, 2.75) is 26.4 Å². The van der Waals surface area contributed by atoms with Crippen LogP contribution < -0.4 is 10.6 Å². The number of nitrogens with zero attached hydrogens (tertiary/aromatic N) is 1. The molecule has 0 spiro atoms. The van der Waals surface area contributed by atoms with Crippen LogP contribution in [0, 0.1) is 0 Å². The Hall–Kier alpha value is -2.69. The minimum absolute atomic E-state index is 0.283. The molecule has 22 heavy (non-hydrogen) atoms. The lowest BCUT2D eigenvalue weighted by molar-refractivity contribution is -0.139.